The van der Waals surface area contributed by atoms with Crippen molar-refractivity contribution >= 4 is 39.5 Å². The van der Waals surface area contributed by atoms with Gasteiger partial charge in [0.15, 0.2) is 12.5 Å². The smallest absolute Gasteiger partial charge is 0.199 e. The van der Waals surface area contributed by atoms with E-state index in [9.17, 15) is 0 Å². The summed E-state index contributed by atoms with van der Waals surface area (Å²) in [5, 5.41) is 2.52. The molecule has 3 aliphatic heterocycles. The molecule has 1 aliphatic carbocycles. The van der Waals surface area contributed by atoms with Crippen LogP contribution in [0.2, 0.25) is 0 Å². The number of aromatic nitrogens is 1. The molecule has 5 aromatic carbocycles. The Morgan fingerprint density at radius 3 is 2.24 bits per heavy atom. The highest BCUT2D eigenvalue weighted by Gasteiger charge is 2.46. The molecule has 6 aromatic rings. The number of nitrogens with zero attached hydrogens (tertiary/aromatic N) is 6. The second kappa shape index (κ2) is 11.7. The fourth-order valence-corrected chi connectivity index (χ4v) is 8.45. The largest absolute Gasteiger partial charge is 0.336 e. The number of para-hydroxylation sites is 2. The first-order valence-electron chi connectivity index (χ1n) is 17.6. The molecule has 0 bridgehead atoms. The second-order valence-electron chi connectivity index (χ2n) is 13.6. The predicted molar refractivity (Wildman–Crippen MR) is 208 cm³/mol. The summed E-state index contributed by atoms with van der Waals surface area (Å²) >= 11 is 0. The quantitative estimate of drug-likeness (QED) is 0.196. The molecule has 0 saturated heterocycles. The molecule has 0 fully saturated rings. The summed E-state index contributed by atoms with van der Waals surface area (Å²) in [6, 6.07) is 45.0. The van der Waals surface area contributed by atoms with E-state index in [-0.39, 0.29) is 30.6 Å². The highest BCUT2D eigenvalue weighted by atomic mass is 15.5. The molecule has 0 saturated carbocycles. The fourth-order valence-electron chi connectivity index (χ4n) is 8.45. The molecule has 4 heterocycles. The third-order valence-corrected chi connectivity index (χ3v) is 10.9. The number of hydrogen-bond donors (Lipinski definition) is 1. The predicted octanol–water partition coefficient (Wildman–Crippen LogP) is 8.11. The molecule has 0 amide bonds. The summed E-state index contributed by atoms with van der Waals surface area (Å²) in [6.45, 7) is 0. The maximum Gasteiger partial charge on any atom is 0.199 e. The zero-order valence-electron chi connectivity index (χ0n) is 28.2. The monoisotopic (exact) mass is 663 g/mol. The first-order chi connectivity index (χ1) is 25.2. The van der Waals surface area contributed by atoms with Crippen LogP contribution >= 0.6 is 0 Å². The lowest BCUT2D eigenvalue weighted by Crippen LogP contribution is -2.59. The van der Waals surface area contributed by atoms with Crippen LogP contribution in [0.3, 0.4) is 0 Å². The standard InChI is InChI=1S/C44H37N7/c1-48-38(43-47-42(30-17-7-3-8-18-30)51(43)41(45)29-15-5-2-6-16-29)25-26-46-44(48)50-37-24-14-12-22-33(37)35-27-34-32-21-11-13-23-36(32)49(39(34)28-40(35)50)31-19-9-4-10-20-31/h2-28,33,37,41,43-44H,45H2,1H3/t33?,37?,41?,43-,44?/m1/s1. The summed E-state index contributed by atoms with van der Waals surface area (Å²) < 4.78 is 2.40. The zero-order chi connectivity index (χ0) is 34.1. The topological polar surface area (TPSA) is 65.4 Å². The van der Waals surface area contributed by atoms with Crippen LogP contribution in [0.4, 0.5) is 5.69 Å². The zero-order valence-corrected chi connectivity index (χ0v) is 28.2. The number of amidine groups is 1. The molecule has 2 N–H and O–H groups in total. The lowest BCUT2D eigenvalue weighted by molar-refractivity contribution is 0.175. The highest BCUT2D eigenvalue weighted by molar-refractivity contribution is 6.11. The summed E-state index contributed by atoms with van der Waals surface area (Å²) in [6.07, 6.45) is 12.2. The van der Waals surface area contributed by atoms with E-state index >= 15 is 0 Å². The number of benzene rings is 5. The van der Waals surface area contributed by atoms with E-state index in [4.69, 9.17) is 15.7 Å². The number of likely N-dealkylation sites (N-methyl/N-ethyl adjacent to an activating group) is 1. The fraction of sp³-hybridized carbons (Fsp3) is 0.136. The van der Waals surface area contributed by atoms with Gasteiger partial charge in [0.1, 0.15) is 12.0 Å². The maximum atomic E-state index is 7.06. The number of rotatable bonds is 6. The van der Waals surface area contributed by atoms with Gasteiger partial charge in [0.05, 0.1) is 22.8 Å². The van der Waals surface area contributed by atoms with Crippen molar-refractivity contribution in [3.8, 4) is 5.69 Å². The van der Waals surface area contributed by atoms with Gasteiger partial charge in [-0.25, -0.2) is 9.98 Å². The van der Waals surface area contributed by atoms with E-state index in [2.05, 4.69) is 148 Å². The maximum absolute atomic E-state index is 7.06. The summed E-state index contributed by atoms with van der Waals surface area (Å²) in [7, 11) is 2.14. The Morgan fingerprint density at radius 1 is 0.725 bits per heavy atom. The number of fused-ring (bicyclic) bond motifs is 6. The first kappa shape index (κ1) is 29.7. The summed E-state index contributed by atoms with van der Waals surface area (Å²) in [5.74, 6) is 1.11. The van der Waals surface area contributed by atoms with Gasteiger partial charge in [0.2, 0.25) is 0 Å². The molecule has 1 aromatic heterocycles. The molecular formula is C44H37N7. The highest BCUT2D eigenvalue weighted by Crippen LogP contribution is 2.49. The van der Waals surface area contributed by atoms with Crippen LogP contribution in [-0.4, -0.2) is 52.0 Å². The van der Waals surface area contributed by atoms with Crippen molar-refractivity contribution in [1.29, 1.82) is 0 Å². The minimum Gasteiger partial charge on any atom is -0.336 e. The van der Waals surface area contributed by atoms with Gasteiger partial charge < -0.3 is 25.0 Å². The van der Waals surface area contributed by atoms with Crippen molar-refractivity contribution in [2.75, 3.05) is 11.9 Å². The van der Waals surface area contributed by atoms with Gasteiger partial charge in [-0.15, -0.1) is 0 Å². The number of hydrogen-bond acceptors (Lipinski definition) is 6. The van der Waals surface area contributed by atoms with Crippen LogP contribution in [0.25, 0.3) is 27.5 Å². The van der Waals surface area contributed by atoms with Crippen LogP contribution in [0, 0.1) is 0 Å². The van der Waals surface area contributed by atoms with Crippen LogP contribution in [0.5, 0.6) is 0 Å². The van der Waals surface area contributed by atoms with Crippen LogP contribution in [0.1, 0.15) is 28.8 Å². The molecule has 7 nitrogen and oxygen atoms in total. The van der Waals surface area contributed by atoms with Crippen LogP contribution < -0.4 is 10.6 Å². The molecule has 51 heavy (non-hydrogen) atoms. The van der Waals surface area contributed by atoms with Crippen molar-refractivity contribution in [3.05, 3.63) is 180 Å². The van der Waals surface area contributed by atoms with E-state index < -0.39 is 0 Å². The Labute approximate surface area is 297 Å². The molecule has 248 valence electrons. The SMILES string of the molecule is CN1C([C@@H]2N=C(c3ccccc3)N2C(N)c2ccccc2)=CC=NC1N1c2cc3c(cc2C2C=CC=CC21)c1ccccc1n3-c1ccccc1. The lowest BCUT2D eigenvalue weighted by atomic mass is 9.90. The van der Waals surface area contributed by atoms with E-state index in [1.165, 1.54) is 33.1 Å². The molecule has 0 radical (unpaired) electrons. The number of allylic oxidation sites excluding steroid dienone is 3. The third kappa shape index (κ3) is 4.55. The van der Waals surface area contributed by atoms with Gasteiger partial charge in [-0.05, 0) is 47.5 Å². The summed E-state index contributed by atoms with van der Waals surface area (Å²) in [5.41, 5.74) is 16.3. The third-order valence-electron chi connectivity index (χ3n) is 10.9. The average molecular weight is 664 g/mol. The minimum absolute atomic E-state index is 0.115. The van der Waals surface area contributed by atoms with Crippen LogP contribution in [-0.2, 0) is 0 Å². The van der Waals surface area contributed by atoms with Crippen LogP contribution in [0.15, 0.2) is 173 Å². The minimum atomic E-state index is -0.369. The number of anilines is 1. The van der Waals surface area contributed by atoms with Crippen molar-refractivity contribution in [2.24, 2.45) is 15.7 Å². The average Bonchev–Trinajstić information content (AvgIpc) is 3.67. The van der Waals surface area contributed by atoms with Gasteiger partial charge in [-0.3, -0.25) is 0 Å². The van der Waals surface area contributed by atoms with Crippen molar-refractivity contribution in [3.63, 3.8) is 0 Å². The second-order valence-corrected chi connectivity index (χ2v) is 13.6. The van der Waals surface area contributed by atoms with Gasteiger partial charge in [-0.1, -0.05) is 121 Å². The Balaban J connectivity index is 1.08. The molecule has 10 rings (SSSR count). The molecule has 4 aliphatic rings. The number of nitrogens with two attached hydrogens (primary N) is 1. The van der Waals surface area contributed by atoms with Crippen molar-refractivity contribution in [1.82, 2.24) is 14.4 Å². The number of aliphatic imine (C=N–C) groups is 2. The van der Waals surface area contributed by atoms with Crippen molar-refractivity contribution < 1.29 is 0 Å². The molecule has 4 unspecified atom stereocenters. The van der Waals surface area contributed by atoms with Gasteiger partial charge in [-0.2, -0.15) is 0 Å². The Morgan fingerprint density at radius 2 is 1.43 bits per heavy atom. The molecule has 7 heteroatoms. The molecule has 0 spiro atoms. The first-order valence-corrected chi connectivity index (χ1v) is 17.6. The normalized spacial score (nSPS) is 22.5. The lowest BCUT2D eigenvalue weighted by Gasteiger charge is -2.49. The Bertz CT molecular complexity index is 2440. The summed E-state index contributed by atoms with van der Waals surface area (Å²) in [4.78, 5) is 17.4. The van der Waals surface area contributed by atoms with E-state index in [1.807, 2.05) is 42.6 Å². The van der Waals surface area contributed by atoms with E-state index in [0.717, 1.165) is 28.3 Å². The molecular weight excluding hydrogens is 627 g/mol. The van der Waals surface area contributed by atoms with E-state index in [1.54, 1.807) is 0 Å². The van der Waals surface area contributed by atoms with E-state index in [0.29, 0.717) is 0 Å². The van der Waals surface area contributed by atoms with Crippen molar-refractivity contribution in [2.45, 2.75) is 30.6 Å². The van der Waals surface area contributed by atoms with Gasteiger partial charge >= 0.3 is 0 Å². The van der Waals surface area contributed by atoms with Gasteiger partial charge in [0, 0.05) is 46.9 Å². The Kier molecular flexibility index (Phi) is 6.82. The van der Waals surface area contributed by atoms with Gasteiger partial charge in [0.25, 0.3) is 0 Å². The molecule has 5 atom stereocenters. The Hall–Kier alpha value is -6.18.